The van der Waals surface area contributed by atoms with Gasteiger partial charge in [0.05, 0.1) is 0 Å². The summed E-state index contributed by atoms with van der Waals surface area (Å²) in [5, 5.41) is 4.82. The second-order valence-corrected chi connectivity index (χ2v) is 5.95. The van der Waals surface area contributed by atoms with Gasteiger partial charge in [0.2, 0.25) is 0 Å². The van der Waals surface area contributed by atoms with Crippen LogP contribution in [-0.4, -0.2) is 11.0 Å². The molecule has 2 nitrogen and oxygen atoms in total. The first kappa shape index (κ1) is 14.2. The molecule has 2 aromatic rings. The van der Waals surface area contributed by atoms with E-state index in [1.165, 1.54) is 15.4 Å². The second kappa shape index (κ2) is 7.41. The number of aromatic nitrogens is 1. The molecule has 0 amide bonds. The normalized spacial score (nSPS) is 12.5. The molecule has 0 saturated heterocycles. The van der Waals surface area contributed by atoms with Gasteiger partial charge in [0.15, 0.2) is 0 Å². The fourth-order valence-corrected chi connectivity index (χ4v) is 2.90. The summed E-state index contributed by atoms with van der Waals surface area (Å²) in [7, 11) is 0. The van der Waals surface area contributed by atoms with Gasteiger partial charge in [0.25, 0.3) is 0 Å². The van der Waals surface area contributed by atoms with Crippen LogP contribution in [0.25, 0.3) is 0 Å². The Labute approximate surface area is 119 Å². The third kappa shape index (κ3) is 4.44. The van der Waals surface area contributed by atoms with Crippen molar-refractivity contribution in [3.05, 3.63) is 52.0 Å². The van der Waals surface area contributed by atoms with Crippen molar-refractivity contribution in [2.24, 2.45) is 0 Å². The van der Waals surface area contributed by atoms with E-state index in [4.69, 9.17) is 0 Å². The molecule has 1 heterocycles. The van der Waals surface area contributed by atoms with Gasteiger partial charge < -0.3 is 5.32 Å². The van der Waals surface area contributed by atoms with Crippen LogP contribution in [0.4, 0.5) is 0 Å². The highest BCUT2D eigenvalue weighted by Gasteiger charge is 2.08. The predicted molar refractivity (Wildman–Crippen MR) is 82.6 cm³/mol. The monoisotopic (exact) mass is 274 g/mol. The number of aryl methyl sites for hydroxylation is 1. The maximum absolute atomic E-state index is 4.46. The minimum Gasteiger partial charge on any atom is -0.307 e. The molecule has 0 radical (unpaired) electrons. The van der Waals surface area contributed by atoms with E-state index in [1.807, 2.05) is 17.5 Å². The lowest BCUT2D eigenvalue weighted by Crippen LogP contribution is -2.29. The maximum atomic E-state index is 4.46. The third-order valence-electron chi connectivity index (χ3n) is 3.31. The zero-order valence-electron chi connectivity index (χ0n) is 11.7. The summed E-state index contributed by atoms with van der Waals surface area (Å²) in [5.74, 6) is 0. The fourth-order valence-electron chi connectivity index (χ4n) is 2.08. The predicted octanol–water partition coefficient (Wildman–Crippen LogP) is 3.82. The molecule has 0 aliphatic carbocycles. The Hall–Kier alpha value is -1.19. The van der Waals surface area contributed by atoms with Crippen LogP contribution in [0, 0.1) is 0 Å². The first-order valence-electron chi connectivity index (χ1n) is 7.02. The van der Waals surface area contributed by atoms with Crippen LogP contribution in [0.15, 0.2) is 36.5 Å². The molecule has 1 atom stereocenters. The van der Waals surface area contributed by atoms with E-state index < -0.39 is 0 Å². The Morgan fingerprint density at radius 2 is 2.00 bits per heavy atom. The molecule has 1 N–H and O–H groups in total. The van der Waals surface area contributed by atoms with Gasteiger partial charge in [-0.3, -0.25) is 0 Å². The quantitative estimate of drug-likeness (QED) is 0.830. The topological polar surface area (TPSA) is 24.9 Å². The smallest absolute Gasteiger partial charge is 0.107 e. The zero-order valence-corrected chi connectivity index (χ0v) is 12.5. The van der Waals surface area contributed by atoms with Crippen LogP contribution in [0.5, 0.6) is 0 Å². The summed E-state index contributed by atoms with van der Waals surface area (Å²) in [6.45, 7) is 5.30. The Morgan fingerprint density at radius 1 is 1.21 bits per heavy atom. The van der Waals surface area contributed by atoms with Gasteiger partial charge >= 0.3 is 0 Å². The number of rotatable bonds is 7. The van der Waals surface area contributed by atoms with Gasteiger partial charge in [0.1, 0.15) is 5.01 Å². The van der Waals surface area contributed by atoms with E-state index in [-0.39, 0.29) is 0 Å². The van der Waals surface area contributed by atoms with E-state index in [1.54, 1.807) is 0 Å². The summed E-state index contributed by atoms with van der Waals surface area (Å²) in [5.41, 5.74) is 1.40. The van der Waals surface area contributed by atoms with Gasteiger partial charge in [-0.1, -0.05) is 44.2 Å². The number of hydrogen-bond donors (Lipinski definition) is 1. The largest absolute Gasteiger partial charge is 0.307 e. The number of nitrogens with one attached hydrogen (secondary N) is 1. The summed E-state index contributed by atoms with van der Waals surface area (Å²) < 4.78 is 0. The number of thiazole rings is 1. The molecule has 0 bridgehead atoms. The van der Waals surface area contributed by atoms with Crippen molar-refractivity contribution in [1.29, 1.82) is 0 Å². The minimum absolute atomic E-state index is 0.524. The minimum atomic E-state index is 0.524. The Bertz CT molecular complexity index is 479. The van der Waals surface area contributed by atoms with Crippen LogP contribution in [0.3, 0.4) is 0 Å². The molecule has 0 aliphatic rings. The number of nitrogens with zero attached hydrogens (tertiary/aromatic N) is 1. The summed E-state index contributed by atoms with van der Waals surface area (Å²) in [4.78, 5) is 5.82. The van der Waals surface area contributed by atoms with Crippen LogP contribution in [0.1, 0.15) is 35.7 Å². The highest BCUT2D eigenvalue weighted by atomic mass is 32.1. The van der Waals surface area contributed by atoms with Gasteiger partial charge in [-0.15, -0.1) is 11.3 Å². The maximum Gasteiger partial charge on any atom is 0.107 e. The standard InChI is InChI=1S/C16H22N2S/c1-3-14(10-13-8-6-5-7-9-13)17-12-16-18-11-15(4-2)19-16/h5-9,11,14,17H,3-4,10,12H2,1-2H3. The van der Waals surface area contributed by atoms with E-state index in [9.17, 15) is 0 Å². The molecular formula is C16H22N2S. The number of hydrogen-bond acceptors (Lipinski definition) is 3. The van der Waals surface area contributed by atoms with Gasteiger partial charge in [-0.05, 0) is 24.8 Å². The third-order valence-corrected chi connectivity index (χ3v) is 4.45. The molecule has 0 saturated carbocycles. The van der Waals surface area contributed by atoms with E-state index in [0.717, 1.165) is 25.8 Å². The average molecular weight is 274 g/mol. The van der Waals surface area contributed by atoms with Crippen LogP contribution < -0.4 is 5.32 Å². The zero-order chi connectivity index (χ0) is 13.5. The fraction of sp³-hybridized carbons (Fsp3) is 0.438. The molecule has 1 unspecified atom stereocenters. The summed E-state index contributed by atoms with van der Waals surface area (Å²) >= 11 is 1.82. The molecular weight excluding hydrogens is 252 g/mol. The van der Waals surface area contributed by atoms with Crippen molar-refractivity contribution in [3.63, 3.8) is 0 Å². The van der Waals surface area contributed by atoms with Crippen LogP contribution in [0.2, 0.25) is 0 Å². The van der Waals surface area contributed by atoms with Gasteiger partial charge in [0, 0.05) is 23.7 Å². The lowest BCUT2D eigenvalue weighted by molar-refractivity contribution is 0.493. The molecule has 0 spiro atoms. The van der Waals surface area contributed by atoms with E-state index >= 15 is 0 Å². The van der Waals surface area contributed by atoms with Crippen molar-refractivity contribution in [2.75, 3.05) is 0 Å². The lowest BCUT2D eigenvalue weighted by Gasteiger charge is -2.16. The highest BCUT2D eigenvalue weighted by molar-refractivity contribution is 7.11. The highest BCUT2D eigenvalue weighted by Crippen LogP contribution is 2.14. The molecule has 1 aromatic carbocycles. The van der Waals surface area contributed by atoms with E-state index in [0.29, 0.717) is 6.04 Å². The molecule has 0 fully saturated rings. The first-order chi connectivity index (χ1) is 9.31. The molecule has 0 aliphatic heterocycles. The van der Waals surface area contributed by atoms with Gasteiger partial charge in [-0.25, -0.2) is 4.98 Å². The van der Waals surface area contributed by atoms with Crippen LogP contribution in [-0.2, 0) is 19.4 Å². The summed E-state index contributed by atoms with van der Waals surface area (Å²) in [6.07, 6.45) is 5.31. The van der Waals surface area contributed by atoms with E-state index in [2.05, 4.69) is 54.5 Å². The van der Waals surface area contributed by atoms with Crippen molar-refractivity contribution >= 4 is 11.3 Å². The van der Waals surface area contributed by atoms with Crippen molar-refractivity contribution < 1.29 is 0 Å². The molecule has 2 rings (SSSR count). The average Bonchev–Trinajstić information content (AvgIpc) is 2.92. The molecule has 1 aromatic heterocycles. The first-order valence-corrected chi connectivity index (χ1v) is 7.84. The van der Waals surface area contributed by atoms with Crippen molar-refractivity contribution in [3.8, 4) is 0 Å². The summed E-state index contributed by atoms with van der Waals surface area (Å²) in [6, 6.07) is 11.2. The molecule has 19 heavy (non-hydrogen) atoms. The molecule has 102 valence electrons. The van der Waals surface area contributed by atoms with Crippen molar-refractivity contribution in [1.82, 2.24) is 10.3 Å². The molecule has 3 heteroatoms. The lowest BCUT2D eigenvalue weighted by atomic mass is 10.0. The Balaban J connectivity index is 1.85. The Morgan fingerprint density at radius 3 is 2.63 bits per heavy atom. The SMILES string of the molecule is CCc1cnc(CNC(CC)Cc2ccccc2)s1. The van der Waals surface area contributed by atoms with Crippen molar-refractivity contribution in [2.45, 2.75) is 45.7 Å². The number of benzene rings is 1. The van der Waals surface area contributed by atoms with Gasteiger partial charge in [-0.2, -0.15) is 0 Å². The Kier molecular flexibility index (Phi) is 5.55. The van der Waals surface area contributed by atoms with Crippen LogP contribution >= 0.6 is 11.3 Å². The second-order valence-electron chi connectivity index (χ2n) is 4.75.